The molecule has 164 valence electrons. The fourth-order valence-electron chi connectivity index (χ4n) is 3.43. The van der Waals surface area contributed by atoms with E-state index in [0.717, 1.165) is 6.07 Å². The lowest BCUT2D eigenvalue weighted by molar-refractivity contribution is -0.277. The van der Waals surface area contributed by atoms with E-state index in [2.05, 4.69) is 0 Å². The number of rotatable bonds is 4. The Bertz CT molecular complexity index is 1140. The van der Waals surface area contributed by atoms with Crippen molar-refractivity contribution < 1.29 is 44.5 Å². The lowest BCUT2D eigenvalue weighted by Gasteiger charge is -2.39. The Morgan fingerprint density at radius 3 is 2.35 bits per heavy atom. The third-order valence-electron chi connectivity index (χ3n) is 5.11. The van der Waals surface area contributed by atoms with Crippen molar-refractivity contribution in [2.45, 2.75) is 30.7 Å². The molecule has 0 saturated carbocycles. The molecule has 10 nitrogen and oxygen atoms in total. The number of benzene rings is 2. The minimum Gasteiger partial charge on any atom is -0.508 e. The van der Waals surface area contributed by atoms with E-state index in [-0.39, 0.29) is 28.0 Å². The van der Waals surface area contributed by atoms with Gasteiger partial charge in [0, 0.05) is 12.1 Å². The van der Waals surface area contributed by atoms with Gasteiger partial charge in [-0.15, -0.1) is 0 Å². The summed E-state index contributed by atoms with van der Waals surface area (Å²) in [5.74, 6) is -0.421. The number of aliphatic hydroxyl groups excluding tert-OH is 4. The summed E-state index contributed by atoms with van der Waals surface area (Å²) in [5.41, 5.74) is 0.146. The first kappa shape index (κ1) is 21.1. The molecule has 6 N–H and O–H groups in total. The fourth-order valence-corrected chi connectivity index (χ4v) is 3.43. The van der Waals surface area contributed by atoms with Crippen LogP contribution < -0.4 is 10.2 Å². The molecule has 1 aliphatic rings. The average Bonchev–Trinajstić information content (AvgIpc) is 2.74. The molecule has 3 aromatic rings. The highest BCUT2D eigenvalue weighted by Gasteiger charge is 2.44. The second-order valence-electron chi connectivity index (χ2n) is 7.16. The Kier molecular flexibility index (Phi) is 5.56. The maximum Gasteiger partial charge on any atom is 0.229 e. The maximum absolute atomic E-state index is 12.8. The quantitative estimate of drug-likeness (QED) is 0.331. The van der Waals surface area contributed by atoms with Crippen LogP contribution in [0.25, 0.3) is 22.1 Å². The number of phenols is 2. The van der Waals surface area contributed by atoms with E-state index in [9.17, 15) is 35.4 Å². The van der Waals surface area contributed by atoms with E-state index in [1.54, 1.807) is 0 Å². The molecule has 31 heavy (non-hydrogen) atoms. The van der Waals surface area contributed by atoms with Crippen LogP contribution in [-0.2, 0) is 4.74 Å². The van der Waals surface area contributed by atoms with Gasteiger partial charge in [-0.3, -0.25) is 4.79 Å². The number of fused-ring (bicyclic) bond motifs is 1. The van der Waals surface area contributed by atoms with Crippen LogP contribution in [0.15, 0.2) is 51.9 Å². The summed E-state index contributed by atoms with van der Waals surface area (Å²) < 4.78 is 16.2. The monoisotopic (exact) mass is 432 g/mol. The fraction of sp³-hybridized carbons (Fsp3) is 0.286. The van der Waals surface area contributed by atoms with Gasteiger partial charge in [0.15, 0.2) is 0 Å². The molecular weight excluding hydrogens is 412 g/mol. The van der Waals surface area contributed by atoms with Crippen molar-refractivity contribution in [2.24, 2.45) is 0 Å². The van der Waals surface area contributed by atoms with Gasteiger partial charge in [-0.2, -0.15) is 0 Å². The van der Waals surface area contributed by atoms with Crippen molar-refractivity contribution in [3.63, 3.8) is 0 Å². The zero-order valence-electron chi connectivity index (χ0n) is 16.0. The van der Waals surface area contributed by atoms with Crippen LogP contribution in [0.2, 0.25) is 0 Å². The summed E-state index contributed by atoms with van der Waals surface area (Å²) in [6, 6.07) is 8.30. The third kappa shape index (κ3) is 3.82. The normalized spacial score (nSPS) is 26.1. The van der Waals surface area contributed by atoms with E-state index in [1.807, 2.05) is 0 Å². The van der Waals surface area contributed by atoms with Crippen molar-refractivity contribution in [2.75, 3.05) is 6.61 Å². The van der Waals surface area contributed by atoms with Crippen LogP contribution in [0.4, 0.5) is 0 Å². The van der Waals surface area contributed by atoms with E-state index >= 15 is 0 Å². The molecule has 10 heteroatoms. The molecule has 4 rings (SSSR count). The SMILES string of the molecule is O=c1c(-c2ccc(O[C@H]3O[C@@H](CO)[C@@H](O)[C@@H](O)[C@H]3O)cc2)coc2cc(O)cc(O)c12. The van der Waals surface area contributed by atoms with Crippen molar-refractivity contribution in [1.29, 1.82) is 0 Å². The van der Waals surface area contributed by atoms with Gasteiger partial charge in [-0.25, -0.2) is 0 Å². The summed E-state index contributed by atoms with van der Waals surface area (Å²) in [7, 11) is 0. The molecule has 1 saturated heterocycles. The molecule has 0 unspecified atom stereocenters. The molecule has 0 radical (unpaired) electrons. The standard InChI is InChI=1S/C21H20O10/c22-7-15-18(26)19(27)20(28)21(31-15)30-11-3-1-9(2-4-11)12-8-29-14-6-10(23)5-13(24)16(14)17(12)25/h1-6,8,15,18-24,26-28H,7H2/t15-,18+,19+,20+,21-/m0/s1. The second-order valence-corrected chi connectivity index (χ2v) is 7.16. The second kappa shape index (κ2) is 8.17. The average molecular weight is 432 g/mol. The zero-order chi connectivity index (χ0) is 22.3. The van der Waals surface area contributed by atoms with Crippen LogP contribution in [0, 0.1) is 0 Å². The maximum atomic E-state index is 12.8. The van der Waals surface area contributed by atoms with E-state index in [0.29, 0.717) is 5.56 Å². The zero-order valence-corrected chi connectivity index (χ0v) is 16.0. The minimum absolute atomic E-state index is 0.0359. The van der Waals surface area contributed by atoms with Crippen LogP contribution in [-0.4, -0.2) is 68.0 Å². The Balaban J connectivity index is 1.59. The number of ether oxygens (including phenoxy) is 2. The van der Waals surface area contributed by atoms with Crippen LogP contribution >= 0.6 is 0 Å². The van der Waals surface area contributed by atoms with Gasteiger partial charge in [0.25, 0.3) is 0 Å². The number of hydrogen-bond donors (Lipinski definition) is 6. The molecule has 0 amide bonds. The summed E-state index contributed by atoms with van der Waals surface area (Å²) in [6.07, 6.45) is -5.84. The van der Waals surface area contributed by atoms with Crippen molar-refractivity contribution >= 4 is 11.0 Å². The van der Waals surface area contributed by atoms with Crippen LogP contribution in [0.1, 0.15) is 0 Å². The summed E-state index contributed by atoms with van der Waals surface area (Å²) >= 11 is 0. The van der Waals surface area contributed by atoms with E-state index in [1.165, 1.54) is 36.6 Å². The lowest BCUT2D eigenvalue weighted by Crippen LogP contribution is -2.60. The molecule has 1 fully saturated rings. The molecule has 1 aliphatic heterocycles. The first-order valence-electron chi connectivity index (χ1n) is 9.35. The Morgan fingerprint density at radius 1 is 0.968 bits per heavy atom. The number of hydrogen-bond acceptors (Lipinski definition) is 10. The minimum atomic E-state index is -1.57. The predicted molar refractivity (Wildman–Crippen MR) is 106 cm³/mol. The third-order valence-corrected chi connectivity index (χ3v) is 5.11. The van der Waals surface area contributed by atoms with Crippen LogP contribution in [0.3, 0.4) is 0 Å². The molecule has 0 bridgehead atoms. The van der Waals surface area contributed by atoms with Crippen molar-refractivity contribution in [1.82, 2.24) is 0 Å². The first-order valence-corrected chi connectivity index (χ1v) is 9.35. The highest BCUT2D eigenvalue weighted by molar-refractivity contribution is 5.88. The lowest BCUT2D eigenvalue weighted by atomic mass is 9.99. The smallest absolute Gasteiger partial charge is 0.229 e. The van der Waals surface area contributed by atoms with Gasteiger partial charge in [-0.05, 0) is 17.7 Å². The molecular formula is C21H20O10. The van der Waals surface area contributed by atoms with Gasteiger partial charge in [0.2, 0.25) is 11.7 Å². The Morgan fingerprint density at radius 2 is 1.68 bits per heavy atom. The highest BCUT2D eigenvalue weighted by Crippen LogP contribution is 2.30. The topological polar surface area (TPSA) is 170 Å². The predicted octanol–water partition coefficient (Wildman–Crippen LogP) is 0.0499. The number of aromatic hydroxyl groups is 2. The van der Waals surface area contributed by atoms with Gasteiger partial charge in [-0.1, -0.05) is 12.1 Å². The molecule has 2 heterocycles. The van der Waals surface area contributed by atoms with E-state index in [4.69, 9.17) is 13.9 Å². The summed E-state index contributed by atoms with van der Waals surface area (Å²) in [6.45, 7) is -0.577. The van der Waals surface area contributed by atoms with Crippen LogP contribution in [0.5, 0.6) is 17.2 Å². The summed E-state index contributed by atoms with van der Waals surface area (Å²) in [4.78, 5) is 12.8. The first-order chi connectivity index (χ1) is 14.8. The molecule has 1 aromatic heterocycles. The molecule has 0 spiro atoms. The highest BCUT2D eigenvalue weighted by atomic mass is 16.7. The number of aliphatic hydroxyl groups is 4. The number of phenolic OH excluding ortho intramolecular Hbond substituents is 2. The van der Waals surface area contributed by atoms with E-state index < -0.39 is 48.5 Å². The van der Waals surface area contributed by atoms with Gasteiger partial charge < -0.3 is 44.5 Å². The van der Waals surface area contributed by atoms with Gasteiger partial charge in [0.1, 0.15) is 58.9 Å². The Hall–Kier alpha value is -3.15. The molecule has 5 atom stereocenters. The molecule has 2 aromatic carbocycles. The Labute approximate surface area is 174 Å². The largest absolute Gasteiger partial charge is 0.508 e. The summed E-state index contributed by atoms with van der Waals surface area (Å²) in [5, 5.41) is 58.4. The van der Waals surface area contributed by atoms with Gasteiger partial charge >= 0.3 is 0 Å². The van der Waals surface area contributed by atoms with Gasteiger partial charge in [0.05, 0.1) is 12.2 Å². The van der Waals surface area contributed by atoms with Crippen molar-refractivity contribution in [3.05, 3.63) is 52.9 Å². The van der Waals surface area contributed by atoms with Crippen molar-refractivity contribution in [3.8, 4) is 28.4 Å². The molecule has 0 aliphatic carbocycles.